The lowest BCUT2D eigenvalue weighted by Gasteiger charge is -2.12. The zero-order chi connectivity index (χ0) is 18.5. The zero-order valence-corrected chi connectivity index (χ0v) is 15.5. The van der Waals surface area contributed by atoms with Crippen LogP contribution in [-0.2, 0) is 11.3 Å². The number of nitrogens with zero attached hydrogens (tertiary/aromatic N) is 4. The van der Waals surface area contributed by atoms with Crippen LogP contribution in [0.4, 0.5) is 0 Å². The predicted octanol–water partition coefficient (Wildman–Crippen LogP) is 1.94. The average Bonchev–Trinajstić information content (AvgIpc) is 3.07. The second-order valence-electron chi connectivity index (χ2n) is 5.43. The first-order chi connectivity index (χ1) is 12.6. The van der Waals surface area contributed by atoms with Gasteiger partial charge in [0, 0.05) is 18.9 Å². The Bertz CT molecular complexity index is 881. The van der Waals surface area contributed by atoms with Gasteiger partial charge in [0.25, 0.3) is 5.78 Å². The molecule has 3 aromatic rings. The van der Waals surface area contributed by atoms with Gasteiger partial charge in [0.1, 0.15) is 0 Å². The molecule has 0 unspecified atom stereocenters. The maximum absolute atomic E-state index is 12.3. The number of carbonyl (C=O) groups is 1. The molecule has 0 spiro atoms. The molecule has 0 aliphatic carbocycles. The lowest BCUT2D eigenvalue weighted by Crippen LogP contribution is -2.30. The Balaban J connectivity index is 1.59. The maximum atomic E-state index is 12.3. The van der Waals surface area contributed by atoms with Crippen molar-refractivity contribution < 1.29 is 14.3 Å². The van der Waals surface area contributed by atoms with Crippen molar-refractivity contribution in [2.75, 3.05) is 14.2 Å². The normalized spacial score (nSPS) is 12.0. The fourth-order valence-corrected chi connectivity index (χ4v) is 3.07. The van der Waals surface area contributed by atoms with Gasteiger partial charge in [-0.25, -0.2) is 9.50 Å². The monoisotopic (exact) mass is 373 g/mol. The van der Waals surface area contributed by atoms with Gasteiger partial charge in [-0.05, 0) is 30.7 Å². The van der Waals surface area contributed by atoms with E-state index in [2.05, 4.69) is 20.4 Å². The van der Waals surface area contributed by atoms with Gasteiger partial charge in [-0.3, -0.25) is 4.79 Å². The first-order valence-corrected chi connectivity index (χ1v) is 8.81. The molecule has 136 valence electrons. The Morgan fingerprint density at radius 3 is 2.85 bits per heavy atom. The van der Waals surface area contributed by atoms with Gasteiger partial charge >= 0.3 is 0 Å². The summed E-state index contributed by atoms with van der Waals surface area (Å²) >= 11 is 1.29. The number of fused-ring (bicyclic) bond motifs is 1. The average molecular weight is 373 g/mol. The van der Waals surface area contributed by atoms with Crippen LogP contribution in [0.3, 0.4) is 0 Å². The molecule has 0 saturated heterocycles. The van der Waals surface area contributed by atoms with Crippen molar-refractivity contribution in [3.63, 3.8) is 0 Å². The maximum Gasteiger partial charge on any atom is 0.253 e. The third-order valence-corrected chi connectivity index (χ3v) is 4.61. The number of benzene rings is 1. The summed E-state index contributed by atoms with van der Waals surface area (Å²) in [7, 11) is 3.16. The van der Waals surface area contributed by atoms with Crippen molar-refractivity contribution in [3.05, 3.63) is 42.2 Å². The van der Waals surface area contributed by atoms with Gasteiger partial charge in [0.2, 0.25) is 11.1 Å². The zero-order valence-electron chi connectivity index (χ0n) is 14.7. The molecule has 1 atom stereocenters. The van der Waals surface area contributed by atoms with Gasteiger partial charge in [0.15, 0.2) is 11.5 Å². The van der Waals surface area contributed by atoms with Crippen molar-refractivity contribution in [3.8, 4) is 11.5 Å². The van der Waals surface area contributed by atoms with Crippen LogP contribution in [0.15, 0.2) is 41.8 Å². The molecule has 0 aliphatic rings. The number of thioether (sulfide) groups is 1. The van der Waals surface area contributed by atoms with E-state index >= 15 is 0 Å². The number of hydrogen-bond acceptors (Lipinski definition) is 7. The molecule has 0 saturated carbocycles. The molecule has 0 aliphatic heterocycles. The number of carbonyl (C=O) groups excluding carboxylic acids is 1. The summed E-state index contributed by atoms with van der Waals surface area (Å²) in [5.74, 6) is 1.69. The molecule has 3 rings (SSSR count). The molecule has 1 amide bonds. The number of hydrogen-bond donors (Lipinski definition) is 1. The second-order valence-corrected chi connectivity index (χ2v) is 6.73. The van der Waals surface area contributed by atoms with Gasteiger partial charge in [0.05, 0.1) is 19.5 Å². The highest BCUT2D eigenvalue weighted by Gasteiger charge is 2.17. The Morgan fingerprint density at radius 1 is 1.31 bits per heavy atom. The molecule has 0 fully saturated rings. The first-order valence-electron chi connectivity index (χ1n) is 7.93. The number of methoxy groups -OCH3 is 2. The first kappa shape index (κ1) is 18.0. The SMILES string of the molecule is COc1ccc(CNC(=O)[C@H](C)Sc2nc3ncccn3n2)cc1OC. The van der Waals surface area contributed by atoms with Crippen LogP contribution in [-0.4, -0.2) is 45.0 Å². The van der Waals surface area contributed by atoms with Crippen molar-refractivity contribution >= 4 is 23.4 Å². The highest BCUT2D eigenvalue weighted by Crippen LogP contribution is 2.27. The third kappa shape index (κ3) is 4.05. The molecule has 0 bridgehead atoms. The molecule has 0 radical (unpaired) electrons. The third-order valence-electron chi connectivity index (χ3n) is 3.66. The smallest absolute Gasteiger partial charge is 0.253 e. The van der Waals surface area contributed by atoms with Crippen LogP contribution in [0.2, 0.25) is 0 Å². The van der Waals surface area contributed by atoms with E-state index in [9.17, 15) is 4.79 Å². The summed E-state index contributed by atoms with van der Waals surface area (Å²) in [6, 6.07) is 7.31. The number of amides is 1. The summed E-state index contributed by atoms with van der Waals surface area (Å²) in [5, 5.41) is 7.37. The quantitative estimate of drug-likeness (QED) is 0.633. The molecular formula is C17H19N5O3S. The molecule has 2 heterocycles. The highest BCUT2D eigenvalue weighted by atomic mass is 32.2. The highest BCUT2D eigenvalue weighted by molar-refractivity contribution is 8.00. The van der Waals surface area contributed by atoms with Gasteiger partial charge in [-0.2, -0.15) is 4.98 Å². The minimum absolute atomic E-state index is 0.100. The van der Waals surface area contributed by atoms with E-state index in [-0.39, 0.29) is 11.2 Å². The fraction of sp³-hybridized carbons (Fsp3) is 0.294. The number of nitrogens with one attached hydrogen (secondary N) is 1. The minimum atomic E-state index is -0.340. The molecule has 2 aromatic heterocycles. The second kappa shape index (κ2) is 8.05. The Morgan fingerprint density at radius 2 is 2.12 bits per heavy atom. The predicted molar refractivity (Wildman–Crippen MR) is 97.5 cm³/mol. The van der Waals surface area contributed by atoms with Gasteiger partial charge < -0.3 is 14.8 Å². The largest absolute Gasteiger partial charge is 0.493 e. The Kier molecular flexibility index (Phi) is 5.57. The van der Waals surface area contributed by atoms with E-state index in [1.54, 1.807) is 37.2 Å². The van der Waals surface area contributed by atoms with E-state index in [4.69, 9.17) is 9.47 Å². The molecular weight excluding hydrogens is 354 g/mol. The molecule has 26 heavy (non-hydrogen) atoms. The van der Waals surface area contributed by atoms with Crippen molar-refractivity contribution in [1.82, 2.24) is 24.9 Å². The molecule has 8 nitrogen and oxygen atoms in total. The van der Waals surface area contributed by atoms with E-state index in [1.807, 2.05) is 25.1 Å². The lowest BCUT2D eigenvalue weighted by atomic mass is 10.2. The van der Waals surface area contributed by atoms with Crippen molar-refractivity contribution in [1.29, 1.82) is 0 Å². The number of aromatic nitrogens is 4. The van der Waals surface area contributed by atoms with Crippen molar-refractivity contribution in [2.45, 2.75) is 23.9 Å². The van der Waals surface area contributed by atoms with E-state index < -0.39 is 0 Å². The van der Waals surface area contributed by atoms with Crippen LogP contribution in [0.1, 0.15) is 12.5 Å². The molecule has 1 N–H and O–H groups in total. The summed E-state index contributed by atoms with van der Waals surface area (Å²) in [4.78, 5) is 20.7. The fourth-order valence-electron chi connectivity index (χ4n) is 2.30. The van der Waals surface area contributed by atoms with Gasteiger partial charge in [-0.15, -0.1) is 5.10 Å². The summed E-state index contributed by atoms with van der Waals surface area (Å²) in [6.45, 7) is 2.21. The van der Waals surface area contributed by atoms with Crippen LogP contribution < -0.4 is 14.8 Å². The Hall–Kier alpha value is -2.81. The van der Waals surface area contributed by atoms with Crippen molar-refractivity contribution in [2.24, 2.45) is 0 Å². The van der Waals surface area contributed by atoms with Crippen LogP contribution in [0, 0.1) is 0 Å². The van der Waals surface area contributed by atoms with E-state index in [0.29, 0.717) is 29.0 Å². The van der Waals surface area contributed by atoms with Crippen LogP contribution in [0.5, 0.6) is 11.5 Å². The standard InChI is InChI=1S/C17H19N5O3S/c1-11(26-17-20-16-18-7-4-8-22(16)21-17)15(23)19-10-12-5-6-13(24-2)14(9-12)25-3/h4-9,11H,10H2,1-3H3,(H,19,23)/t11-/m0/s1. The molecule has 9 heteroatoms. The molecule has 1 aromatic carbocycles. The van der Waals surface area contributed by atoms with E-state index in [1.165, 1.54) is 11.8 Å². The number of ether oxygens (including phenoxy) is 2. The topological polar surface area (TPSA) is 90.6 Å². The van der Waals surface area contributed by atoms with Crippen LogP contribution in [0.25, 0.3) is 5.78 Å². The van der Waals surface area contributed by atoms with E-state index in [0.717, 1.165) is 5.56 Å². The number of rotatable bonds is 7. The summed E-state index contributed by atoms with van der Waals surface area (Å²) < 4.78 is 12.1. The minimum Gasteiger partial charge on any atom is -0.493 e. The van der Waals surface area contributed by atoms with Gasteiger partial charge in [-0.1, -0.05) is 17.8 Å². The summed E-state index contributed by atoms with van der Waals surface area (Å²) in [5.41, 5.74) is 0.920. The summed E-state index contributed by atoms with van der Waals surface area (Å²) in [6.07, 6.45) is 3.42. The lowest BCUT2D eigenvalue weighted by molar-refractivity contribution is -0.120. The Labute approximate surface area is 154 Å². The van der Waals surface area contributed by atoms with Crippen LogP contribution >= 0.6 is 11.8 Å².